The molecule has 1 aliphatic rings. The van der Waals surface area contributed by atoms with Crippen molar-refractivity contribution in [2.75, 3.05) is 18.1 Å². The van der Waals surface area contributed by atoms with Gasteiger partial charge < -0.3 is 14.5 Å². The highest BCUT2D eigenvalue weighted by molar-refractivity contribution is 7.99. The zero-order valence-corrected chi connectivity index (χ0v) is 12.0. The third-order valence-corrected chi connectivity index (χ3v) is 4.53. The lowest BCUT2D eigenvalue weighted by Gasteiger charge is -2.32. The van der Waals surface area contributed by atoms with Gasteiger partial charge in [0.15, 0.2) is 5.58 Å². The van der Waals surface area contributed by atoms with E-state index in [-0.39, 0.29) is 12.3 Å². The van der Waals surface area contributed by atoms with Crippen LogP contribution in [0, 0.1) is 0 Å². The molecule has 2 aromatic rings. The predicted molar refractivity (Wildman–Crippen MR) is 78.2 cm³/mol. The van der Waals surface area contributed by atoms with Crippen molar-refractivity contribution in [2.24, 2.45) is 0 Å². The molecule has 0 saturated carbocycles. The van der Waals surface area contributed by atoms with Gasteiger partial charge in [-0.2, -0.15) is 11.8 Å². The molecule has 1 aliphatic heterocycles. The molecule has 0 radical (unpaired) electrons. The number of aliphatic carboxylic acids is 1. The largest absolute Gasteiger partial charge is 0.480 e. The number of fused-ring (bicyclic) bond motifs is 1. The summed E-state index contributed by atoms with van der Waals surface area (Å²) in [7, 11) is 0. The SMILES string of the molecule is O=C(O)C1CSCCN1C(=O)Cc1noc2ccccc12. The standard InChI is InChI=1S/C14H14N2O4S/c17-13(16-5-6-21-8-11(16)14(18)19)7-10-9-3-1-2-4-12(9)20-15-10/h1-4,11H,5-8H2,(H,18,19). The van der Waals surface area contributed by atoms with Gasteiger partial charge in [0.2, 0.25) is 5.91 Å². The van der Waals surface area contributed by atoms with Crippen LogP contribution in [-0.4, -0.2) is 51.1 Å². The second kappa shape index (κ2) is 5.77. The molecule has 0 spiro atoms. The second-order valence-electron chi connectivity index (χ2n) is 4.82. The third-order valence-electron chi connectivity index (χ3n) is 3.50. The Balaban J connectivity index is 1.80. The number of aromatic nitrogens is 1. The van der Waals surface area contributed by atoms with Gasteiger partial charge in [-0.25, -0.2) is 4.79 Å². The first-order valence-electron chi connectivity index (χ1n) is 6.60. The molecule has 1 fully saturated rings. The van der Waals surface area contributed by atoms with Crippen molar-refractivity contribution in [2.45, 2.75) is 12.5 Å². The summed E-state index contributed by atoms with van der Waals surface area (Å²) < 4.78 is 5.17. The summed E-state index contributed by atoms with van der Waals surface area (Å²) in [5, 5.41) is 13.9. The second-order valence-corrected chi connectivity index (χ2v) is 5.97. The van der Waals surface area contributed by atoms with E-state index in [0.29, 0.717) is 23.6 Å². The minimum Gasteiger partial charge on any atom is -0.480 e. The average Bonchev–Trinajstić information content (AvgIpc) is 2.90. The lowest BCUT2D eigenvalue weighted by molar-refractivity contribution is -0.149. The van der Waals surface area contributed by atoms with Gasteiger partial charge in [-0.15, -0.1) is 0 Å². The van der Waals surface area contributed by atoms with E-state index in [1.54, 1.807) is 17.8 Å². The molecule has 1 aromatic carbocycles. The summed E-state index contributed by atoms with van der Waals surface area (Å²) in [6.45, 7) is 0.455. The lowest BCUT2D eigenvalue weighted by atomic mass is 10.1. The highest BCUT2D eigenvalue weighted by atomic mass is 32.2. The van der Waals surface area contributed by atoms with Gasteiger partial charge in [-0.05, 0) is 12.1 Å². The summed E-state index contributed by atoms with van der Waals surface area (Å²) in [5.41, 5.74) is 1.18. The number of amides is 1. The summed E-state index contributed by atoms with van der Waals surface area (Å²) in [6.07, 6.45) is 0.0610. The average molecular weight is 306 g/mol. The first-order chi connectivity index (χ1) is 10.2. The number of nitrogens with zero attached hydrogens (tertiary/aromatic N) is 2. The molecule has 1 aromatic heterocycles. The van der Waals surface area contributed by atoms with Crippen molar-refractivity contribution in [3.63, 3.8) is 0 Å². The van der Waals surface area contributed by atoms with E-state index < -0.39 is 12.0 Å². The Kier molecular flexibility index (Phi) is 3.83. The van der Waals surface area contributed by atoms with Gasteiger partial charge >= 0.3 is 5.97 Å². The maximum atomic E-state index is 12.4. The number of hydrogen-bond acceptors (Lipinski definition) is 5. The van der Waals surface area contributed by atoms with Crippen LogP contribution >= 0.6 is 11.8 Å². The fourth-order valence-electron chi connectivity index (χ4n) is 2.42. The highest BCUT2D eigenvalue weighted by Gasteiger charge is 2.32. The minimum atomic E-state index is -0.958. The fourth-order valence-corrected chi connectivity index (χ4v) is 3.46. The van der Waals surface area contributed by atoms with E-state index in [4.69, 9.17) is 4.52 Å². The number of carbonyl (C=O) groups is 2. The summed E-state index contributed by atoms with van der Waals surface area (Å²) in [4.78, 5) is 25.1. The van der Waals surface area contributed by atoms with Gasteiger partial charge in [0, 0.05) is 23.4 Å². The first kappa shape index (κ1) is 13.9. The molecule has 1 unspecified atom stereocenters. The van der Waals surface area contributed by atoms with E-state index >= 15 is 0 Å². The van der Waals surface area contributed by atoms with Crippen molar-refractivity contribution in [3.05, 3.63) is 30.0 Å². The van der Waals surface area contributed by atoms with Crippen LogP contribution in [0.25, 0.3) is 11.0 Å². The Hall–Kier alpha value is -2.02. The van der Waals surface area contributed by atoms with Crippen molar-refractivity contribution in [1.82, 2.24) is 10.1 Å². The number of carbonyl (C=O) groups excluding carboxylic acids is 1. The van der Waals surface area contributed by atoms with Gasteiger partial charge in [0.25, 0.3) is 0 Å². The Morgan fingerprint density at radius 1 is 1.43 bits per heavy atom. The number of carboxylic acid groups (broad SMARTS) is 1. The van der Waals surface area contributed by atoms with Gasteiger partial charge in [0.05, 0.1) is 6.42 Å². The smallest absolute Gasteiger partial charge is 0.327 e. The molecule has 21 heavy (non-hydrogen) atoms. The molecule has 1 saturated heterocycles. The molecule has 1 atom stereocenters. The highest BCUT2D eigenvalue weighted by Crippen LogP contribution is 2.21. The van der Waals surface area contributed by atoms with Crippen molar-refractivity contribution < 1.29 is 19.2 Å². The van der Waals surface area contributed by atoms with Crippen LogP contribution < -0.4 is 0 Å². The van der Waals surface area contributed by atoms with Crippen molar-refractivity contribution >= 4 is 34.6 Å². The van der Waals surface area contributed by atoms with E-state index in [1.165, 1.54) is 4.90 Å². The maximum absolute atomic E-state index is 12.4. The van der Waals surface area contributed by atoms with Crippen LogP contribution in [0.4, 0.5) is 0 Å². The van der Waals surface area contributed by atoms with Crippen LogP contribution in [0.2, 0.25) is 0 Å². The van der Waals surface area contributed by atoms with Crippen molar-refractivity contribution in [1.29, 1.82) is 0 Å². The minimum absolute atomic E-state index is 0.0610. The molecule has 1 amide bonds. The molecule has 2 heterocycles. The number of rotatable bonds is 3. The first-order valence-corrected chi connectivity index (χ1v) is 7.75. The molecular formula is C14H14N2O4S. The number of carboxylic acids is 1. The van der Waals surface area contributed by atoms with Gasteiger partial charge in [0.1, 0.15) is 11.7 Å². The van der Waals surface area contributed by atoms with E-state index in [9.17, 15) is 14.7 Å². The molecule has 7 heteroatoms. The van der Waals surface area contributed by atoms with E-state index in [0.717, 1.165) is 11.1 Å². The van der Waals surface area contributed by atoms with Crippen LogP contribution in [0.1, 0.15) is 5.69 Å². The quantitative estimate of drug-likeness (QED) is 0.923. The van der Waals surface area contributed by atoms with Crippen LogP contribution in [0.3, 0.4) is 0 Å². The Morgan fingerprint density at radius 3 is 3.05 bits per heavy atom. The maximum Gasteiger partial charge on any atom is 0.327 e. The zero-order chi connectivity index (χ0) is 14.8. The number of benzene rings is 1. The third kappa shape index (κ3) is 2.73. The van der Waals surface area contributed by atoms with E-state index in [1.807, 2.05) is 18.2 Å². The fraction of sp³-hybridized carbons (Fsp3) is 0.357. The summed E-state index contributed by atoms with van der Waals surface area (Å²) >= 11 is 1.55. The van der Waals surface area contributed by atoms with Crippen LogP contribution in [0.15, 0.2) is 28.8 Å². The number of hydrogen-bond donors (Lipinski definition) is 1. The topological polar surface area (TPSA) is 83.6 Å². The molecule has 0 aliphatic carbocycles. The monoisotopic (exact) mass is 306 g/mol. The molecule has 3 rings (SSSR count). The van der Waals surface area contributed by atoms with Crippen LogP contribution in [0.5, 0.6) is 0 Å². The summed E-state index contributed by atoms with van der Waals surface area (Å²) in [5.74, 6) is 0.0118. The number of thioether (sulfide) groups is 1. The van der Waals surface area contributed by atoms with E-state index in [2.05, 4.69) is 5.16 Å². The Bertz CT molecular complexity index is 684. The normalized spacial score (nSPS) is 18.9. The molecular weight excluding hydrogens is 292 g/mol. The van der Waals surface area contributed by atoms with Gasteiger partial charge in [-0.3, -0.25) is 4.79 Å². The Labute approximate surface area is 125 Å². The predicted octanol–water partition coefficient (Wildman–Crippen LogP) is 1.40. The number of para-hydroxylation sites is 1. The van der Waals surface area contributed by atoms with Crippen molar-refractivity contribution in [3.8, 4) is 0 Å². The Morgan fingerprint density at radius 2 is 2.24 bits per heavy atom. The van der Waals surface area contributed by atoms with Gasteiger partial charge in [-0.1, -0.05) is 17.3 Å². The van der Waals surface area contributed by atoms with Crippen LogP contribution in [-0.2, 0) is 16.0 Å². The lowest BCUT2D eigenvalue weighted by Crippen LogP contribution is -2.50. The molecule has 1 N–H and O–H groups in total. The molecule has 0 bridgehead atoms. The molecule has 6 nitrogen and oxygen atoms in total. The molecule has 110 valence electrons. The zero-order valence-electron chi connectivity index (χ0n) is 11.2. The summed E-state index contributed by atoms with van der Waals surface area (Å²) in [6, 6.07) is 6.56.